The Balaban J connectivity index is 4.31. The second-order valence-electron chi connectivity index (χ2n) is 16.7. The molecule has 0 saturated carbocycles. The highest BCUT2D eigenvalue weighted by atomic mass is 16.6. The lowest BCUT2D eigenvalue weighted by atomic mass is 10.1. The number of carbonyl (C=O) groups is 3. The molecule has 0 amide bonds. The standard InChI is InChI=1S/C51H94O6/c1-4-7-10-13-16-19-22-23-24-25-26-27-30-32-35-38-41-44-50(53)56-47-48(57-51(54)45-42-39-36-33-29-21-18-15-12-9-6-3)46-55-49(52)43-40-37-34-31-28-20-17-14-11-8-5-2/h15,18,23-24,48H,4-14,16-17,19-22,25-47H2,1-3H3/b18-15-,24-23-/t48-/m1/s1. The van der Waals surface area contributed by atoms with Gasteiger partial charge in [0.2, 0.25) is 0 Å². The summed E-state index contributed by atoms with van der Waals surface area (Å²) in [4.78, 5) is 37.8. The number of carbonyl (C=O) groups excluding carboxylic acids is 3. The van der Waals surface area contributed by atoms with Crippen molar-refractivity contribution in [1.29, 1.82) is 0 Å². The van der Waals surface area contributed by atoms with E-state index in [1.165, 1.54) is 154 Å². The number of rotatable bonds is 45. The van der Waals surface area contributed by atoms with Crippen LogP contribution in [0.4, 0.5) is 0 Å². The maximum Gasteiger partial charge on any atom is 0.306 e. The lowest BCUT2D eigenvalue weighted by Gasteiger charge is -2.18. The Hall–Kier alpha value is -2.11. The van der Waals surface area contributed by atoms with Crippen LogP contribution in [0, 0.1) is 0 Å². The summed E-state index contributed by atoms with van der Waals surface area (Å²) < 4.78 is 16.7. The van der Waals surface area contributed by atoms with Gasteiger partial charge in [-0.15, -0.1) is 0 Å². The van der Waals surface area contributed by atoms with Crippen LogP contribution in [-0.2, 0) is 28.6 Å². The zero-order chi connectivity index (χ0) is 41.5. The van der Waals surface area contributed by atoms with E-state index in [0.717, 1.165) is 70.6 Å². The van der Waals surface area contributed by atoms with E-state index in [2.05, 4.69) is 45.1 Å². The molecule has 6 heteroatoms. The maximum atomic E-state index is 12.7. The lowest BCUT2D eigenvalue weighted by Crippen LogP contribution is -2.30. The first-order valence-corrected chi connectivity index (χ1v) is 24.8. The lowest BCUT2D eigenvalue weighted by molar-refractivity contribution is -0.167. The maximum absolute atomic E-state index is 12.7. The van der Waals surface area contributed by atoms with Gasteiger partial charge in [0.25, 0.3) is 0 Å². The van der Waals surface area contributed by atoms with Crippen LogP contribution in [0.15, 0.2) is 24.3 Å². The fourth-order valence-corrected chi connectivity index (χ4v) is 7.12. The minimum atomic E-state index is -0.771. The number of hydrogen-bond acceptors (Lipinski definition) is 6. The second kappa shape index (κ2) is 46.6. The van der Waals surface area contributed by atoms with Crippen LogP contribution < -0.4 is 0 Å². The van der Waals surface area contributed by atoms with Gasteiger partial charge in [0.15, 0.2) is 6.10 Å². The Labute approximate surface area is 353 Å². The molecule has 0 aliphatic rings. The third-order valence-electron chi connectivity index (χ3n) is 10.9. The largest absolute Gasteiger partial charge is 0.462 e. The highest BCUT2D eigenvalue weighted by molar-refractivity contribution is 5.71. The number of hydrogen-bond donors (Lipinski definition) is 0. The molecule has 0 rings (SSSR count). The average Bonchev–Trinajstić information content (AvgIpc) is 3.21. The molecule has 0 aromatic rings. The molecule has 0 heterocycles. The summed E-state index contributed by atoms with van der Waals surface area (Å²) in [6.45, 7) is 6.59. The van der Waals surface area contributed by atoms with Crippen molar-refractivity contribution in [3.63, 3.8) is 0 Å². The van der Waals surface area contributed by atoms with Crippen molar-refractivity contribution in [2.75, 3.05) is 13.2 Å². The number of unbranched alkanes of at least 4 members (excludes halogenated alkanes) is 30. The molecular weight excluding hydrogens is 709 g/mol. The summed E-state index contributed by atoms with van der Waals surface area (Å²) in [7, 11) is 0. The number of esters is 3. The van der Waals surface area contributed by atoms with Gasteiger partial charge in [0.1, 0.15) is 13.2 Å². The summed E-state index contributed by atoms with van der Waals surface area (Å²) >= 11 is 0. The van der Waals surface area contributed by atoms with Crippen LogP contribution in [0.1, 0.15) is 265 Å². The third-order valence-corrected chi connectivity index (χ3v) is 10.9. The van der Waals surface area contributed by atoms with E-state index in [1.807, 2.05) is 0 Å². The van der Waals surface area contributed by atoms with Crippen LogP contribution in [0.3, 0.4) is 0 Å². The zero-order valence-electron chi connectivity index (χ0n) is 38.1. The van der Waals surface area contributed by atoms with Gasteiger partial charge in [-0.3, -0.25) is 14.4 Å². The van der Waals surface area contributed by atoms with E-state index in [4.69, 9.17) is 14.2 Å². The minimum Gasteiger partial charge on any atom is -0.462 e. The number of ether oxygens (including phenoxy) is 3. The summed E-state index contributed by atoms with van der Waals surface area (Å²) in [5.41, 5.74) is 0. The molecule has 0 aromatic carbocycles. The second-order valence-corrected chi connectivity index (χ2v) is 16.7. The molecule has 0 aliphatic carbocycles. The Morgan fingerprint density at radius 2 is 0.596 bits per heavy atom. The summed E-state index contributed by atoms with van der Waals surface area (Å²) in [5.74, 6) is -0.879. The van der Waals surface area contributed by atoms with E-state index < -0.39 is 6.10 Å². The van der Waals surface area contributed by atoms with Gasteiger partial charge in [-0.05, 0) is 64.2 Å². The summed E-state index contributed by atoms with van der Waals surface area (Å²) in [5, 5.41) is 0. The average molecular weight is 803 g/mol. The van der Waals surface area contributed by atoms with Gasteiger partial charge < -0.3 is 14.2 Å². The van der Waals surface area contributed by atoms with E-state index in [0.29, 0.717) is 19.3 Å². The minimum absolute atomic E-state index is 0.0728. The van der Waals surface area contributed by atoms with Crippen LogP contribution >= 0.6 is 0 Å². The zero-order valence-corrected chi connectivity index (χ0v) is 38.1. The van der Waals surface area contributed by atoms with Crippen molar-refractivity contribution in [2.24, 2.45) is 0 Å². The van der Waals surface area contributed by atoms with Gasteiger partial charge >= 0.3 is 17.9 Å². The third kappa shape index (κ3) is 44.8. The van der Waals surface area contributed by atoms with Gasteiger partial charge in [0, 0.05) is 19.3 Å². The fraction of sp³-hybridized carbons (Fsp3) is 0.863. The van der Waals surface area contributed by atoms with Crippen LogP contribution in [0.2, 0.25) is 0 Å². The number of allylic oxidation sites excluding steroid dienone is 4. The molecule has 0 N–H and O–H groups in total. The topological polar surface area (TPSA) is 78.9 Å². The van der Waals surface area contributed by atoms with Crippen molar-refractivity contribution in [2.45, 2.75) is 271 Å². The molecule has 0 saturated heterocycles. The quantitative estimate of drug-likeness (QED) is 0.0264. The summed E-state index contributed by atoms with van der Waals surface area (Å²) in [6, 6.07) is 0. The molecular formula is C51H94O6. The molecule has 0 unspecified atom stereocenters. The van der Waals surface area contributed by atoms with Gasteiger partial charge in [0.05, 0.1) is 0 Å². The molecule has 0 bridgehead atoms. The normalized spacial score (nSPS) is 12.1. The first kappa shape index (κ1) is 54.9. The van der Waals surface area contributed by atoms with Crippen LogP contribution in [-0.4, -0.2) is 37.2 Å². The van der Waals surface area contributed by atoms with Crippen LogP contribution in [0.5, 0.6) is 0 Å². The monoisotopic (exact) mass is 803 g/mol. The van der Waals surface area contributed by atoms with Crippen molar-refractivity contribution in [1.82, 2.24) is 0 Å². The van der Waals surface area contributed by atoms with Gasteiger partial charge in [-0.2, -0.15) is 0 Å². The van der Waals surface area contributed by atoms with Crippen molar-refractivity contribution in [3.05, 3.63) is 24.3 Å². The highest BCUT2D eigenvalue weighted by Gasteiger charge is 2.19. The molecule has 0 spiro atoms. The Morgan fingerprint density at radius 1 is 0.333 bits per heavy atom. The molecule has 6 nitrogen and oxygen atoms in total. The van der Waals surface area contributed by atoms with E-state index in [-0.39, 0.29) is 31.1 Å². The summed E-state index contributed by atoms with van der Waals surface area (Å²) in [6.07, 6.45) is 51.6. The van der Waals surface area contributed by atoms with Crippen molar-refractivity contribution in [3.8, 4) is 0 Å². The molecule has 0 radical (unpaired) electrons. The molecule has 1 atom stereocenters. The van der Waals surface area contributed by atoms with Crippen LogP contribution in [0.25, 0.3) is 0 Å². The Kier molecular flexibility index (Phi) is 44.9. The Bertz CT molecular complexity index is 927. The predicted octanol–water partition coefficient (Wildman–Crippen LogP) is 16.0. The van der Waals surface area contributed by atoms with Gasteiger partial charge in [-0.25, -0.2) is 0 Å². The first-order chi connectivity index (χ1) is 28.0. The molecule has 0 fully saturated rings. The van der Waals surface area contributed by atoms with E-state index in [1.54, 1.807) is 0 Å². The fourth-order valence-electron chi connectivity index (χ4n) is 7.12. The highest BCUT2D eigenvalue weighted by Crippen LogP contribution is 2.15. The molecule has 57 heavy (non-hydrogen) atoms. The van der Waals surface area contributed by atoms with Crippen molar-refractivity contribution < 1.29 is 28.6 Å². The first-order valence-electron chi connectivity index (χ1n) is 24.8. The SMILES string of the molecule is CCCC/C=C\CCCCCCCC(=O)O[C@@H](COC(=O)CCCCCCCCC/C=C\CCCCCCCC)COC(=O)CCCCCCCCCCCCC. The van der Waals surface area contributed by atoms with Crippen molar-refractivity contribution >= 4 is 17.9 Å². The van der Waals surface area contributed by atoms with E-state index in [9.17, 15) is 14.4 Å². The Morgan fingerprint density at radius 3 is 0.930 bits per heavy atom. The van der Waals surface area contributed by atoms with Gasteiger partial charge in [-0.1, -0.05) is 206 Å². The predicted molar refractivity (Wildman–Crippen MR) is 243 cm³/mol. The van der Waals surface area contributed by atoms with E-state index >= 15 is 0 Å². The smallest absolute Gasteiger partial charge is 0.306 e. The molecule has 0 aliphatic heterocycles. The molecule has 334 valence electrons. The molecule has 0 aromatic heterocycles.